The molecule has 0 aromatic heterocycles. The molecule has 1 heterocycles. The Balaban J connectivity index is 1.87. The maximum absolute atomic E-state index is 5.08. The lowest BCUT2D eigenvalue weighted by atomic mass is 9.82. The first-order chi connectivity index (χ1) is 9.35. The number of fused-ring (bicyclic) bond motifs is 1. The van der Waals surface area contributed by atoms with Crippen LogP contribution in [-0.2, 0) is 4.74 Å². The Morgan fingerprint density at radius 2 is 1.95 bits per heavy atom. The molecule has 4 heteroatoms. The summed E-state index contributed by atoms with van der Waals surface area (Å²) < 4.78 is 5.08. The number of hydrogen-bond donors (Lipinski definition) is 1. The van der Waals surface area contributed by atoms with Crippen molar-refractivity contribution in [3.8, 4) is 0 Å². The van der Waals surface area contributed by atoms with Crippen molar-refractivity contribution in [2.24, 2.45) is 16.8 Å². The largest absolute Gasteiger partial charge is 0.385 e. The van der Waals surface area contributed by atoms with E-state index in [-0.39, 0.29) is 0 Å². The Morgan fingerprint density at radius 1 is 1.26 bits per heavy atom. The van der Waals surface area contributed by atoms with Crippen molar-refractivity contribution in [3.63, 3.8) is 0 Å². The number of likely N-dealkylation sites (tertiary alicyclic amines) is 1. The zero-order valence-electron chi connectivity index (χ0n) is 12.5. The van der Waals surface area contributed by atoms with Crippen molar-refractivity contribution in [2.75, 3.05) is 39.9 Å². The smallest absolute Gasteiger partial charge is 0.193 e. The summed E-state index contributed by atoms with van der Waals surface area (Å²) in [7, 11) is 1.75. The predicted molar refractivity (Wildman–Crippen MR) is 79.5 cm³/mol. The van der Waals surface area contributed by atoms with Crippen molar-refractivity contribution < 1.29 is 4.74 Å². The molecule has 1 saturated heterocycles. The summed E-state index contributed by atoms with van der Waals surface area (Å²) in [5.74, 6) is 2.95. The fraction of sp³-hybridized carbons (Fsp3) is 0.933. The number of methoxy groups -OCH3 is 1. The number of rotatable bonds is 5. The summed E-state index contributed by atoms with van der Waals surface area (Å²) in [6.07, 6.45) is 6.70. The Bertz CT molecular complexity index is 279. The van der Waals surface area contributed by atoms with Gasteiger partial charge in [-0.1, -0.05) is 12.8 Å². The average molecular weight is 267 g/mol. The standard InChI is InChI=1S/C15H29N3O/c1-3-16-15(17-9-6-10-19-2)18-11-13-7-4-5-8-14(13)12-18/h13-14H,3-12H2,1-2H3,(H,16,17). The van der Waals surface area contributed by atoms with Gasteiger partial charge in [0.15, 0.2) is 5.96 Å². The van der Waals surface area contributed by atoms with Crippen LogP contribution in [0.15, 0.2) is 4.99 Å². The molecule has 2 atom stereocenters. The van der Waals surface area contributed by atoms with Gasteiger partial charge in [0, 0.05) is 39.9 Å². The molecule has 1 aliphatic heterocycles. The number of guanidine groups is 1. The molecule has 1 saturated carbocycles. The van der Waals surface area contributed by atoms with E-state index < -0.39 is 0 Å². The van der Waals surface area contributed by atoms with Crippen LogP contribution in [0.4, 0.5) is 0 Å². The van der Waals surface area contributed by atoms with E-state index in [0.29, 0.717) is 0 Å². The lowest BCUT2D eigenvalue weighted by Gasteiger charge is -2.22. The van der Waals surface area contributed by atoms with Gasteiger partial charge in [0.25, 0.3) is 0 Å². The van der Waals surface area contributed by atoms with E-state index in [9.17, 15) is 0 Å². The minimum absolute atomic E-state index is 0.800. The fourth-order valence-corrected chi connectivity index (χ4v) is 3.40. The minimum Gasteiger partial charge on any atom is -0.385 e. The highest BCUT2D eigenvalue weighted by atomic mass is 16.5. The van der Waals surface area contributed by atoms with Gasteiger partial charge in [-0.2, -0.15) is 0 Å². The number of aliphatic imine (C=N–C) groups is 1. The Hall–Kier alpha value is -0.770. The number of hydrogen-bond acceptors (Lipinski definition) is 2. The summed E-state index contributed by atoms with van der Waals surface area (Å²) in [6.45, 7) is 7.18. The van der Waals surface area contributed by atoms with Crippen molar-refractivity contribution >= 4 is 5.96 Å². The van der Waals surface area contributed by atoms with Gasteiger partial charge in [0.05, 0.1) is 0 Å². The molecule has 4 nitrogen and oxygen atoms in total. The molecule has 0 radical (unpaired) electrons. The van der Waals surface area contributed by atoms with E-state index in [0.717, 1.165) is 43.9 Å². The maximum Gasteiger partial charge on any atom is 0.193 e. The topological polar surface area (TPSA) is 36.9 Å². The zero-order valence-corrected chi connectivity index (χ0v) is 12.5. The molecule has 1 N–H and O–H groups in total. The summed E-state index contributed by atoms with van der Waals surface area (Å²) in [6, 6.07) is 0. The van der Waals surface area contributed by atoms with Crippen LogP contribution >= 0.6 is 0 Å². The first-order valence-corrected chi connectivity index (χ1v) is 7.87. The Morgan fingerprint density at radius 3 is 2.53 bits per heavy atom. The summed E-state index contributed by atoms with van der Waals surface area (Å²) >= 11 is 0. The van der Waals surface area contributed by atoms with Crippen molar-refractivity contribution in [1.82, 2.24) is 10.2 Å². The van der Waals surface area contributed by atoms with Crippen LogP contribution in [0.25, 0.3) is 0 Å². The molecule has 0 spiro atoms. The van der Waals surface area contributed by atoms with Crippen LogP contribution in [0.3, 0.4) is 0 Å². The van der Waals surface area contributed by atoms with Gasteiger partial charge in [0.2, 0.25) is 0 Å². The lowest BCUT2D eigenvalue weighted by Crippen LogP contribution is -2.40. The molecule has 0 aromatic rings. The Labute approximate surface area is 117 Å². The molecule has 110 valence electrons. The SMILES string of the molecule is CCNC(=NCCCOC)N1CC2CCCCC2C1. The van der Waals surface area contributed by atoms with Gasteiger partial charge in [-0.3, -0.25) is 4.99 Å². The fourth-order valence-electron chi connectivity index (χ4n) is 3.40. The highest BCUT2D eigenvalue weighted by molar-refractivity contribution is 5.80. The lowest BCUT2D eigenvalue weighted by molar-refractivity contribution is 0.197. The molecular formula is C15H29N3O. The normalized spacial score (nSPS) is 27.5. The molecule has 2 rings (SSSR count). The monoisotopic (exact) mass is 267 g/mol. The zero-order chi connectivity index (χ0) is 13.5. The van der Waals surface area contributed by atoms with Crippen molar-refractivity contribution in [2.45, 2.75) is 39.0 Å². The van der Waals surface area contributed by atoms with E-state index in [1.54, 1.807) is 7.11 Å². The van der Waals surface area contributed by atoms with Gasteiger partial charge in [0.1, 0.15) is 0 Å². The van der Waals surface area contributed by atoms with Crippen LogP contribution in [-0.4, -0.2) is 50.8 Å². The van der Waals surface area contributed by atoms with Gasteiger partial charge in [-0.05, 0) is 38.0 Å². The molecule has 0 bridgehead atoms. The molecule has 0 amide bonds. The quantitative estimate of drug-likeness (QED) is 0.471. The van der Waals surface area contributed by atoms with E-state index in [1.165, 1.54) is 38.8 Å². The van der Waals surface area contributed by atoms with Crippen LogP contribution < -0.4 is 5.32 Å². The van der Waals surface area contributed by atoms with E-state index in [4.69, 9.17) is 9.73 Å². The second kappa shape index (κ2) is 7.73. The molecule has 2 aliphatic rings. The minimum atomic E-state index is 0.800. The summed E-state index contributed by atoms with van der Waals surface area (Å²) in [5.41, 5.74) is 0. The number of nitrogens with zero attached hydrogens (tertiary/aromatic N) is 2. The summed E-state index contributed by atoms with van der Waals surface area (Å²) in [4.78, 5) is 7.23. The molecular weight excluding hydrogens is 238 g/mol. The second-order valence-corrected chi connectivity index (χ2v) is 5.79. The Kier molecular flexibility index (Phi) is 5.95. The molecule has 2 fully saturated rings. The highest BCUT2D eigenvalue weighted by Gasteiger charge is 2.35. The van der Waals surface area contributed by atoms with E-state index in [2.05, 4.69) is 17.1 Å². The first-order valence-electron chi connectivity index (χ1n) is 7.87. The molecule has 1 aliphatic carbocycles. The van der Waals surface area contributed by atoms with E-state index in [1.807, 2.05) is 0 Å². The second-order valence-electron chi connectivity index (χ2n) is 5.79. The molecule has 2 unspecified atom stereocenters. The number of nitrogens with one attached hydrogen (secondary N) is 1. The highest BCUT2D eigenvalue weighted by Crippen LogP contribution is 2.35. The van der Waals surface area contributed by atoms with Crippen LogP contribution in [0, 0.1) is 11.8 Å². The van der Waals surface area contributed by atoms with E-state index >= 15 is 0 Å². The van der Waals surface area contributed by atoms with Crippen molar-refractivity contribution in [1.29, 1.82) is 0 Å². The third kappa shape index (κ3) is 4.10. The average Bonchev–Trinajstić information content (AvgIpc) is 2.86. The van der Waals surface area contributed by atoms with Gasteiger partial charge in [-0.25, -0.2) is 0 Å². The molecule has 0 aromatic carbocycles. The number of ether oxygens (including phenoxy) is 1. The third-order valence-electron chi connectivity index (χ3n) is 4.38. The van der Waals surface area contributed by atoms with Crippen molar-refractivity contribution in [3.05, 3.63) is 0 Å². The van der Waals surface area contributed by atoms with Gasteiger partial charge in [-0.15, -0.1) is 0 Å². The first kappa shape index (κ1) is 14.6. The third-order valence-corrected chi connectivity index (χ3v) is 4.38. The van der Waals surface area contributed by atoms with Crippen LogP contribution in [0.2, 0.25) is 0 Å². The maximum atomic E-state index is 5.08. The van der Waals surface area contributed by atoms with Gasteiger partial charge >= 0.3 is 0 Å². The molecule has 19 heavy (non-hydrogen) atoms. The van der Waals surface area contributed by atoms with Crippen LogP contribution in [0.1, 0.15) is 39.0 Å². The predicted octanol–water partition coefficient (Wildman–Crippen LogP) is 2.11. The van der Waals surface area contributed by atoms with Gasteiger partial charge < -0.3 is 15.0 Å². The van der Waals surface area contributed by atoms with Crippen LogP contribution in [0.5, 0.6) is 0 Å². The summed E-state index contributed by atoms with van der Waals surface area (Å²) in [5, 5.41) is 3.45.